The fraction of sp³-hybridized carbons (Fsp3) is 0.133. The Morgan fingerprint density at radius 3 is 2.91 bits per heavy atom. The van der Waals surface area contributed by atoms with Crippen molar-refractivity contribution in [1.82, 2.24) is 9.88 Å². The van der Waals surface area contributed by atoms with E-state index < -0.39 is 11.8 Å². The summed E-state index contributed by atoms with van der Waals surface area (Å²) in [5, 5.41) is 13.0. The van der Waals surface area contributed by atoms with E-state index in [2.05, 4.69) is 10.3 Å². The van der Waals surface area contributed by atoms with Crippen LogP contribution in [0.5, 0.6) is 0 Å². The summed E-state index contributed by atoms with van der Waals surface area (Å²) >= 11 is 6.17. The normalized spacial score (nSPS) is 14.6. The van der Waals surface area contributed by atoms with Crippen molar-refractivity contribution < 1.29 is 14.7 Å². The molecule has 0 saturated heterocycles. The van der Waals surface area contributed by atoms with Gasteiger partial charge in [0.25, 0.3) is 11.8 Å². The Bertz CT molecular complexity index is 804. The zero-order chi connectivity index (χ0) is 15.7. The standard InChI is InChI=1S/C15H12ClN3O3/c16-11-7-10(6-9-2-1-3-17-14(9)11)18-12-8-13(21)19(4-5-20)15(12)22/h1-3,6-8,18,20H,4-5H2. The lowest BCUT2D eigenvalue weighted by molar-refractivity contribution is -0.137. The molecule has 2 aromatic rings. The molecule has 0 aliphatic carbocycles. The number of halogens is 1. The lowest BCUT2D eigenvalue weighted by Gasteiger charge is -2.13. The van der Waals surface area contributed by atoms with E-state index in [1.807, 2.05) is 6.07 Å². The van der Waals surface area contributed by atoms with E-state index in [0.717, 1.165) is 10.3 Å². The molecule has 7 heteroatoms. The zero-order valence-corrected chi connectivity index (χ0v) is 12.2. The van der Waals surface area contributed by atoms with Crippen LogP contribution in [0.15, 0.2) is 42.2 Å². The first kappa shape index (κ1) is 14.5. The van der Waals surface area contributed by atoms with Gasteiger partial charge in [0.05, 0.1) is 23.7 Å². The van der Waals surface area contributed by atoms with Crippen LogP contribution in [0.2, 0.25) is 5.02 Å². The molecule has 1 aromatic heterocycles. The number of amides is 2. The number of imide groups is 1. The molecule has 0 bridgehead atoms. The highest BCUT2D eigenvalue weighted by Gasteiger charge is 2.30. The number of pyridine rings is 1. The summed E-state index contributed by atoms with van der Waals surface area (Å²) in [6, 6.07) is 7.08. The van der Waals surface area contributed by atoms with Crippen molar-refractivity contribution in [3.05, 3.63) is 47.3 Å². The van der Waals surface area contributed by atoms with Gasteiger partial charge >= 0.3 is 0 Å². The second-order valence-corrected chi connectivity index (χ2v) is 5.14. The third-order valence-electron chi connectivity index (χ3n) is 3.27. The molecule has 0 atom stereocenters. The molecule has 1 aromatic carbocycles. The molecule has 1 aliphatic heterocycles. The molecule has 6 nitrogen and oxygen atoms in total. The van der Waals surface area contributed by atoms with E-state index >= 15 is 0 Å². The van der Waals surface area contributed by atoms with Crippen LogP contribution in [-0.2, 0) is 9.59 Å². The first-order valence-corrected chi connectivity index (χ1v) is 6.97. The van der Waals surface area contributed by atoms with Gasteiger partial charge in [-0.15, -0.1) is 0 Å². The van der Waals surface area contributed by atoms with E-state index in [-0.39, 0.29) is 18.8 Å². The Kier molecular flexibility index (Phi) is 3.79. The van der Waals surface area contributed by atoms with E-state index in [1.54, 1.807) is 24.4 Å². The van der Waals surface area contributed by atoms with Crippen LogP contribution >= 0.6 is 11.6 Å². The average Bonchev–Trinajstić information content (AvgIpc) is 2.75. The smallest absolute Gasteiger partial charge is 0.277 e. The minimum absolute atomic E-state index is 0.0260. The largest absolute Gasteiger partial charge is 0.395 e. The van der Waals surface area contributed by atoms with Gasteiger partial charge < -0.3 is 10.4 Å². The quantitative estimate of drug-likeness (QED) is 0.836. The number of benzene rings is 1. The van der Waals surface area contributed by atoms with Crippen molar-refractivity contribution in [2.75, 3.05) is 18.5 Å². The molecule has 0 fully saturated rings. The van der Waals surface area contributed by atoms with Gasteiger partial charge in [-0.3, -0.25) is 19.5 Å². The highest BCUT2D eigenvalue weighted by molar-refractivity contribution is 6.35. The molecule has 2 amide bonds. The SMILES string of the molecule is O=C1C=C(Nc2cc(Cl)c3ncccc3c2)C(=O)N1CCO. The topological polar surface area (TPSA) is 82.5 Å². The zero-order valence-electron chi connectivity index (χ0n) is 11.4. The summed E-state index contributed by atoms with van der Waals surface area (Å²) in [5.41, 5.74) is 1.40. The Morgan fingerprint density at radius 1 is 1.32 bits per heavy atom. The van der Waals surface area contributed by atoms with Crippen LogP contribution < -0.4 is 5.32 Å². The van der Waals surface area contributed by atoms with Crippen LogP contribution in [0.1, 0.15) is 0 Å². The first-order valence-electron chi connectivity index (χ1n) is 6.60. The number of aliphatic hydroxyl groups is 1. The third-order valence-corrected chi connectivity index (χ3v) is 3.56. The maximum Gasteiger partial charge on any atom is 0.277 e. The highest BCUT2D eigenvalue weighted by atomic mass is 35.5. The second kappa shape index (κ2) is 5.75. The van der Waals surface area contributed by atoms with Crippen LogP contribution in [0.4, 0.5) is 5.69 Å². The predicted octanol–water partition coefficient (Wildman–Crippen LogP) is 1.55. The Balaban J connectivity index is 1.89. The molecular formula is C15H12ClN3O3. The van der Waals surface area contributed by atoms with E-state index in [9.17, 15) is 9.59 Å². The van der Waals surface area contributed by atoms with E-state index in [1.165, 1.54) is 6.08 Å². The van der Waals surface area contributed by atoms with E-state index in [4.69, 9.17) is 16.7 Å². The lowest BCUT2D eigenvalue weighted by Crippen LogP contribution is -2.34. The summed E-state index contributed by atoms with van der Waals surface area (Å²) in [4.78, 5) is 28.9. The van der Waals surface area contributed by atoms with Gasteiger partial charge in [0.15, 0.2) is 0 Å². The summed E-state index contributed by atoms with van der Waals surface area (Å²) in [7, 11) is 0. The maximum atomic E-state index is 12.1. The molecule has 22 heavy (non-hydrogen) atoms. The number of nitrogens with one attached hydrogen (secondary N) is 1. The number of aliphatic hydroxyl groups excluding tert-OH is 1. The molecule has 3 rings (SSSR count). The van der Waals surface area contributed by atoms with Crippen LogP contribution in [0, 0.1) is 0 Å². The molecule has 1 aliphatic rings. The van der Waals surface area contributed by atoms with Gasteiger partial charge in [0.1, 0.15) is 5.70 Å². The molecular weight excluding hydrogens is 306 g/mol. The highest BCUT2D eigenvalue weighted by Crippen LogP contribution is 2.27. The Hall–Kier alpha value is -2.44. The van der Waals surface area contributed by atoms with Gasteiger partial charge in [-0.05, 0) is 18.2 Å². The van der Waals surface area contributed by atoms with Gasteiger partial charge in [-0.2, -0.15) is 0 Å². The summed E-state index contributed by atoms with van der Waals surface area (Å²) < 4.78 is 0. The number of carbonyl (C=O) groups is 2. The molecule has 2 N–H and O–H groups in total. The minimum atomic E-state index is -0.471. The van der Waals surface area contributed by atoms with Crippen LogP contribution in [-0.4, -0.2) is 40.0 Å². The summed E-state index contributed by atoms with van der Waals surface area (Å²) in [5.74, 6) is -0.920. The Morgan fingerprint density at radius 2 is 2.14 bits per heavy atom. The number of fused-ring (bicyclic) bond motifs is 1. The van der Waals surface area contributed by atoms with Crippen LogP contribution in [0.3, 0.4) is 0 Å². The van der Waals surface area contributed by atoms with Gasteiger partial charge in [-0.1, -0.05) is 17.7 Å². The molecule has 0 spiro atoms. The number of hydrogen-bond donors (Lipinski definition) is 2. The number of anilines is 1. The molecule has 2 heterocycles. The van der Waals surface area contributed by atoms with Gasteiger partial charge in [0.2, 0.25) is 0 Å². The lowest BCUT2D eigenvalue weighted by atomic mass is 10.2. The predicted molar refractivity (Wildman–Crippen MR) is 82.3 cm³/mol. The minimum Gasteiger partial charge on any atom is -0.395 e. The number of aromatic nitrogens is 1. The third kappa shape index (κ3) is 2.54. The molecule has 112 valence electrons. The maximum absolute atomic E-state index is 12.1. The summed E-state index contributed by atoms with van der Waals surface area (Å²) in [6.45, 7) is -0.298. The molecule has 0 radical (unpaired) electrons. The number of hydrogen-bond acceptors (Lipinski definition) is 5. The van der Waals surface area contributed by atoms with Gasteiger partial charge in [-0.25, -0.2) is 0 Å². The monoisotopic (exact) mass is 317 g/mol. The van der Waals surface area contributed by atoms with Crippen molar-refractivity contribution in [2.45, 2.75) is 0 Å². The Labute approximate surface area is 131 Å². The second-order valence-electron chi connectivity index (χ2n) is 4.73. The van der Waals surface area contributed by atoms with Crippen molar-refractivity contribution >= 4 is 40.0 Å². The molecule has 0 unspecified atom stereocenters. The fourth-order valence-electron chi connectivity index (χ4n) is 2.29. The summed E-state index contributed by atoms with van der Waals surface area (Å²) in [6.07, 6.45) is 2.86. The fourth-order valence-corrected chi connectivity index (χ4v) is 2.56. The van der Waals surface area contributed by atoms with Crippen molar-refractivity contribution in [3.8, 4) is 0 Å². The van der Waals surface area contributed by atoms with Crippen molar-refractivity contribution in [1.29, 1.82) is 0 Å². The van der Waals surface area contributed by atoms with Crippen LogP contribution in [0.25, 0.3) is 10.9 Å². The van der Waals surface area contributed by atoms with Crippen molar-refractivity contribution in [3.63, 3.8) is 0 Å². The van der Waals surface area contributed by atoms with Gasteiger partial charge in [0, 0.05) is 23.3 Å². The number of rotatable bonds is 4. The van der Waals surface area contributed by atoms with Crippen molar-refractivity contribution in [2.24, 2.45) is 0 Å². The number of β-amino-alcohol motifs (C(OH)–C–C–N with tert-alkyl or cyclic N) is 1. The molecule has 0 saturated carbocycles. The average molecular weight is 318 g/mol. The number of carbonyl (C=O) groups excluding carboxylic acids is 2. The van der Waals surface area contributed by atoms with E-state index in [0.29, 0.717) is 16.2 Å². The first-order chi connectivity index (χ1) is 10.6. The number of nitrogens with zero attached hydrogens (tertiary/aromatic N) is 2.